The highest BCUT2D eigenvalue weighted by Gasteiger charge is 2.27. The van der Waals surface area contributed by atoms with E-state index in [4.69, 9.17) is 5.73 Å². The molecule has 0 aromatic heterocycles. The van der Waals surface area contributed by atoms with Gasteiger partial charge in [0, 0.05) is 24.5 Å². The molecule has 1 heterocycles. The highest BCUT2D eigenvalue weighted by Crippen LogP contribution is 2.22. The minimum atomic E-state index is -0.896. The van der Waals surface area contributed by atoms with Gasteiger partial charge in [-0.15, -0.1) is 0 Å². The number of benzene rings is 1. The van der Waals surface area contributed by atoms with Gasteiger partial charge in [0.2, 0.25) is 5.91 Å². The molecular weight excluding hydrogens is 280 g/mol. The number of nitrogens with two attached hydrogens (primary N) is 1. The van der Waals surface area contributed by atoms with Crippen LogP contribution in [-0.4, -0.2) is 30.6 Å². The summed E-state index contributed by atoms with van der Waals surface area (Å²) in [6, 6.07) is 7.16. The monoisotopic (exact) mass is 304 g/mol. The first-order valence-corrected chi connectivity index (χ1v) is 7.70. The predicted molar refractivity (Wildman–Crippen MR) is 87.9 cm³/mol. The predicted octanol–water partition coefficient (Wildman–Crippen LogP) is 2.06. The summed E-state index contributed by atoms with van der Waals surface area (Å²) in [5.74, 6) is -0.213. The van der Waals surface area contributed by atoms with Crippen LogP contribution in [0.1, 0.15) is 33.1 Å². The highest BCUT2D eigenvalue weighted by molar-refractivity contribution is 5.99. The first-order valence-electron chi connectivity index (χ1n) is 7.70. The standard InChI is InChI=1S/C16H24N4O2/c1-3-8-16(2,17)14(21)19-12-6-4-7-13(11-12)20-10-5-9-18-15(20)22/h4,6-7,11H,3,5,8-10,17H2,1-2H3,(H,18,22)(H,19,21). The average molecular weight is 304 g/mol. The van der Waals surface area contributed by atoms with E-state index >= 15 is 0 Å². The summed E-state index contributed by atoms with van der Waals surface area (Å²) in [5, 5.41) is 5.65. The molecule has 2 rings (SSSR count). The Labute approximate surface area is 131 Å². The van der Waals surface area contributed by atoms with Crippen LogP contribution in [0.25, 0.3) is 0 Å². The summed E-state index contributed by atoms with van der Waals surface area (Å²) in [6.45, 7) is 5.10. The van der Waals surface area contributed by atoms with E-state index in [9.17, 15) is 9.59 Å². The lowest BCUT2D eigenvalue weighted by Crippen LogP contribution is -2.48. The van der Waals surface area contributed by atoms with Gasteiger partial charge >= 0.3 is 6.03 Å². The molecule has 0 spiro atoms. The van der Waals surface area contributed by atoms with Crippen LogP contribution in [0.2, 0.25) is 0 Å². The lowest BCUT2D eigenvalue weighted by Gasteiger charge is -2.28. The summed E-state index contributed by atoms with van der Waals surface area (Å²) in [6.07, 6.45) is 2.36. The van der Waals surface area contributed by atoms with Crippen molar-refractivity contribution in [1.29, 1.82) is 0 Å². The zero-order valence-corrected chi connectivity index (χ0v) is 13.2. The van der Waals surface area contributed by atoms with Gasteiger partial charge in [-0.1, -0.05) is 19.4 Å². The van der Waals surface area contributed by atoms with E-state index in [1.165, 1.54) is 0 Å². The fraction of sp³-hybridized carbons (Fsp3) is 0.500. The molecule has 3 amide bonds. The minimum Gasteiger partial charge on any atom is -0.338 e. The number of carbonyl (C=O) groups is 2. The van der Waals surface area contributed by atoms with E-state index in [0.29, 0.717) is 25.2 Å². The third kappa shape index (κ3) is 3.76. The molecule has 0 bridgehead atoms. The maximum absolute atomic E-state index is 12.2. The Hall–Kier alpha value is -2.08. The molecule has 1 fully saturated rings. The third-order valence-electron chi connectivity index (χ3n) is 3.78. The lowest BCUT2D eigenvalue weighted by atomic mass is 9.96. The number of amides is 3. The Kier molecular flexibility index (Phi) is 5.03. The van der Waals surface area contributed by atoms with Crippen molar-refractivity contribution >= 4 is 23.3 Å². The first kappa shape index (κ1) is 16.3. The van der Waals surface area contributed by atoms with Crippen molar-refractivity contribution < 1.29 is 9.59 Å². The zero-order valence-electron chi connectivity index (χ0n) is 13.2. The lowest BCUT2D eigenvalue weighted by molar-refractivity contribution is -0.120. The second-order valence-corrected chi connectivity index (χ2v) is 5.91. The smallest absolute Gasteiger partial charge is 0.321 e. The minimum absolute atomic E-state index is 0.107. The summed E-state index contributed by atoms with van der Waals surface area (Å²) >= 11 is 0. The zero-order chi connectivity index (χ0) is 16.2. The normalized spacial score (nSPS) is 17.6. The van der Waals surface area contributed by atoms with Crippen LogP contribution in [0.15, 0.2) is 24.3 Å². The van der Waals surface area contributed by atoms with Gasteiger partial charge in [-0.25, -0.2) is 4.79 Å². The second-order valence-electron chi connectivity index (χ2n) is 5.91. The number of hydrogen-bond acceptors (Lipinski definition) is 3. The van der Waals surface area contributed by atoms with Crippen LogP contribution in [0.4, 0.5) is 16.2 Å². The molecule has 1 saturated heterocycles. The molecule has 1 aromatic rings. The molecule has 1 aliphatic rings. The molecule has 0 saturated carbocycles. The van der Waals surface area contributed by atoms with Gasteiger partial charge in [0.1, 0.15) is 0 Å². The number of nitrogens with one attached hydrogen (secondary N) is 2. The molecule has 6 heteroatoms. The molecule has 4 N–H and O–H groups in total. The third-order valence-corrected chi connectivity index (χ3v) is 3.78. The Balaban J connectivity index is 2.11. The van der Waals surface area contributed by atoms with E-state index in [1.807, 2.05) is 19.1 Å². The van der Waals surface area contributed by atoms with E-state index in [0.717, 1.165) is 18.5 Å². The van der Waals surface area contributed by atoms with Gasteiger partial charge in [0.25, 0.3) is 0 Å². The Morgan fingerprint density at radius 1 is 1.50 bits per heavy atom. The van der Waals surface area contributed by atoms with Crippen molar-refractivity contribution in [2.24, 2.45) is 5.73 Å². The Bertz CT molecular complexity index is 557. The van der Waals surface area contributed by atoms with Crippen molar-refractivity contribution in [3.8, 4) is 0 Å². The highest BCUT2D eigenvalue weighted by atomic mass is 16.2. The van der Waals surface area contributed by atoms with Crippen molar-refractivity contribution in [2.45, 2.75) is 38.6 Å². The van der Waals surface area contributed by atoms with E-state index in [2.05, 4.69) is 10.6 Å². The summed E-state index contributed by atoms with van der Waals surface area (Å²) in [7, 11) is 0. The molecule has 120 valence electrons. The van der Waals surface area contributed by atoms with Crippen LogP contribution in [0, 0.1) is 0 Å². The van der Waals surface area contributed by atoms with Gasteiger partial charge in [-0.3, -0.25) is 9.69 Å². The topological polar surface area (TPSA) is 87.5 Å². The average Bonchev–Trinajstić information content (AvgIpc) is 2.48. The van der Waals surface area contributed by atoms with Crippen molar-refractivity contribution in [3.05, 3.63) is 24.3 Å². The fourth-order valence-electron chi connectivity index (χ4n) is 2.53. The first-order chi connectivity index (χ1) is 10.4. The molecule has 0 radical (unpaired) electrons. The van der Waals surface area contributed by atoms with Gasteiger partial charge in [0.05, 0.1) is 5.54 Å². The van der Waals surface area contributed by atoms with Gasteiger partial charge in [-0.2, -0.15) is 0 Å². The maximum Gasteiger partial charge on any atom is 0.321 e. The second kappa shape index (κ2) is 6.79. The SMILES string of the molecule is CCCC(C)(N)C(=O)Nc1cccc(N2CCCNC2=O)c1. The number of nitrogens with zero attached hydrogens (tertiary/aromatic N) is 1. The largest absolute Gasteiger partial charge is 0.338 e. The molecular formula is C16H24N4O2. The van der Waals surface area contributed by atoms with Crippen molar-refractivity contribution in [1.82, 2.24) is 5.32 Å². The van der Waals surface area contributed by atoms with Gasteiger partial charge < -0.3 is 16.4 Å². The van der Waals surface area contributed by atoms with Crippen molar-refractivity contribution in [3.63, 3.8) is 0 Å². The molecule has 1 atom stereocenters. The summed E-state index contributed by atoms with van der Waals surface area (Å²) in [5.41, 5.74) is 6.55. The molecule has 22 heavy (non-hydrogen) atoms. The van der Waals surface area contributed by atoms with E-state index < -0.39 is 5.54 Å². The summed E-state index contributed by atoms with van der Waals surface area (Å²) < 4.78 is 0. The Morgan fingerprint density at radius 2 is 2.27 bits per heavy atom. The summed E-state index contributed by atoms with van der Waals surface area (Å²) in [4.78, 5) is 25.8. The van der Waals surface area contributed by atoms with Gasteiger partial charge in [0.15, 0.2) is 0 Å². The quantitative estimate of drug-likeness (QED) is 0.778. The van der Waals surface area contributed by atoms with Gasteiger partial charge in [-0.05, 0) is 38.0 Å². The number of carbonyl (C=O) groups excluding carboxylic acids is 2. The molecule has 1 unspecified atom stereocenters. The van der Waals surface area contributed by atoms with Crippen LogP contribution in [0.5, 0.6) is 0 Å². The number of hydrogen-bond donors (Lipinski definition) is 3. The molecule has 0 aliphatic carbocycles. The molecule has 1 aromatic carbocycles. The van der Waals surface area contributed by atoms with Crippen LogP contribution < -0.4 is 21.3 Å². The van der Waals surface area contributed by atoms with Crippen LogP contribution in [0.3, 0.4) is 0 Å². The number of anilines is 2. The van der Waals surface area contributed by atoms with E-state index in [1.54, 1.807) is 24.0 Å². The van der Waals surface area contributed by atoms with Crippen LogP contribution in [-0.2, 0) is 4.79 Å². The van der Waals surface area contributed by atoms with Crippen LogP contribution >= 0.6 is 0 Å². The molecule has 6 nitrogen and oxygen atoms in total. The fourth-order valence-corrected chi connectivity index (χ4v) is 2.53. The Morgan fingerprint density at radius 3 is 2.95 bits per heavy atom. The maximum atomic E-state index is 12.2. The number of rotatable bonds is 5. The van der Waals surface area contributed by atoms with E-state index in [-0.39, 0.29) is 11.9 Å². The van der Waals surface area contributed by atoms with Crippen molar-refractivity contribution in [2.75, 3.05) is 23.3 Å². The number of urea groups is 1. The molecule has 1 aliphatic heterocycles.